The largest absolute Gasteiger partial charge is 0.367 e. The number of nitrogens with one attached hydrogen (secondary N) is 3. The average Bonchev–Trinajstić information content (AvgIpc) is 3.84. The Morgan fingerprint density at radius 2 is 1.75 bits per heavy atom. The van der Waals surface area contributed by atoms with Crippen LogP contribution in [0.3, 0.4) is 0 Å². The Morgan fingerprint density at radius 1 is 0.915 bits per heavy atom. The molecule has 19 nitrogen and oxygen atoms in total. The van der Waals surface area contributed by atoms with Crippen LogP contribution in [-0.4, -0.2) is 156 Å². The van der Waals surface area contributed by atoms with Gasteiger partial charge in [0.15, 0.2) is 11.5 Å². The van der Waals surface area contributed by atoms with Crippen LogP contribution in [0.15, 0.2) is 36.5 Å². The second kappa shape index (κ2) is 17.0. The predicted octanol–water partition coefficient (Wildman–Crippen LogP) is 0.768. The van der Waals surface area contributed by atoms with Crippen molar-refractivity contribution in [1.82, 2.24) is 45.5 Å². The Morgan fingerprint density at radius 3 is 2.46 bits per heavy atom. The van der Waals surface area contributed by atoms with Crippen molar-refractivity contribution in [2.24, 2.45) is 11.7 Å². The van der Waals surface area contributed by atoms with Crippen LogP contribution < -0.4 is 36.4 Å². The van der Waals surface area contributed by atoms with Gasteiger partial charge in [-0.05, 0) is 61.9 Å². The van der Waals surface area contributed by atoms with Crippen LogP contribution in [0.4, 0.5) is 38.1 Å². The number of hydrogen-bond donors (Lipinski definition) is 4. The fourth-order valence-corrected chi connectivity index (χ4v) is 8.59. The molecule has 6 amide bonds. The molecule has 20 heteroatoms. The molecular weight excluding hydrogens is 764 g/mol. The number of benzene rings is 1. The Balaban J connectivity index is 0.823. The molecular formula is C39H49FN14O5. The lowest BCUT2D eigenvalue weighted by molar-refractivity contribution is -0.134. The molecule has 5 aliphatic heterocycles. The molecule has 7 heterocycles. The molecule has 0 radical (unpaired) electrons. The van der Waals surface area contributed by atoms with Gasteiger partial charge < -0.3 is 40.9 Å². The number of nitrogens with zero attached hydrogens (tertiary/aromatic N) is 10. The lowest BCUT2D eigenvalue weighted by Gasteiger charge is -2.37. The number of urea groups is 1. The average molecular weight is 813 g/mol. The summed E-state index contributed by atoms with van der Waals surface area (Å²) in [5.41, 5.74) is 6.67. The first-order valence-electron chi connectivity index (χ1n) is 20.2. The molecule has 5 saturated heterocycles. The summed E-state index contributed by atoms with van der Waals surface area (Å²) in [5, 5.41) is 16.2. The zero-order chi connectivity index (χ0) is 41.2. The van der Waals surface area contributed by atoms with E-state index in [4.69, 9.17) is 5.73 Å². The maximum absolute atomic E-state index is 15.7. The van der Waals surface area contributed by atoms with Crippen molar-refractivity contribution in [3.8, 4) is 0 Å². The third-order valence-electron chi connectivity index (χ3n) is 11.9. The predicted molar refractivity (Wildman–Crippen MR) is 215 cm³/mol. The van der Waals surface area contributed by atoms with Crippen molar-refractivity contribution >= 4 is 58.6 Å². The number of aromatic nitrogens is 4. The fraction of sp³-hybridized carbons (Fsp3) is 0.513. The van der Waals surface area contributed by atoms with E-state index in [0.717, 1.165) is 57.8 Å². The van der Waals surface area contributed by atoms with E-state index in [0.29, 0.717) is 68.1 Å². The summed E-state index contributed by atoms with van der Waals surface area (Å²) in [5.74, 6) is -0.891. The molecule has 2 aromatic heterocycles. The van der Waals surface area contributed by atoms with Gasteiger partial charge in [0.2, 0.25) is 17.8 Å². The summed E-state index contributed by atoms with van der Waals surface area (Å²) < 4.78 is 15.7. The third kappa shape index (κ3) is 8.81. The van der Waals surface area contributed by atoms with Gasteiger partial charge in [-0.1, -0.05) is 0 Å². The van der Waals surface area contributed by atoms with Crippen LogP contribution in [-0.2, 0) is 9.59 Å². The molecule has 1 aromatic carbocycles. The number of primary amides is 1. The topological polar surface area (TPSA) is 218 Å². The van der Waals surface area contributed by atoms with Crippen LogP contribution in [0.1, 0.15) is 53.0 Å². The molecule has 5 aliphatic rings. The Kier molecular flexibility index (Phi) is 11.4. The number of hydrogen-bond acceptors (Lipinski definition) is 14. The van der Waals surface area contributed by atoms with Gasteiger partial charge in [0.05, 0.1) is 17.3 Å². The highest BCUT2D eigenvalue weighted by Gasteiger charge is 2.35. The number of pyridine rings is 1. The first-order valence-corrected chi connectivity index (χ1v) is 20.2. The minimum absolute atomic E-state index is 0.00133. The summed E-state index contributed by atoms with van der Waals surface area (Å²) >= 11 is 0. The van der Waals surface area contributed by atoms with Crippen molar-refractivity contribution in [2.45, 2.75) is 44.2 Å². The molecule has 3 atom stereocenters. The molecule has 8 rings (SSSR count). The number of rotatable bonds is 11. The molecule has 5 fully saturated rings. The number of imide groups is 1. The SMILES string of the molecule is CN1CCN(C2CCCN(c3nnc(C(N)=O)c(Nc4ccc(N5CCN(CC6CCN(c7ccc(C(=O)NC8CCC(=O)NC8=O)cn7)C6)CC5)c(F)c4)n3)C2)C1=O. The number of nitrogens with two attached hydrogens (primary N) is 1. The van der Waals surface area contributed by atoms with E-state index in [1.54, 1.807) is 30.1 Å². The quantitative estimate of drug-likeness (QED) is 0.197. The minimum Gasteiger partial charge on any atom is -0.367 e. The molecule has 3 aromatic rings. The van der Waals surface area contributed by atoms with Crippen molar-refractivity contribution in [2.75, 3.05) is 99.1 Å². The Bertz CT molecular complexity index is 2100. The van der Waals surface area contributed by atoms with E-state index < -0.39 is 29.6 Å². The molecule has 3 unspecified atom stereocenters. The van der Waals surface area contributed by atoms with Gasteiger partial charge in [-0.3, -0.25) is 29.4 Å². The standard InChI is InChI=1S/C39H49FN14O5/c1-49-13-18-54(39(49)59)27-3-2-11-53(23-27)38-46-35(33(34(41)56)47-48-38)43-26-5-7-30(28(40)19-26)51-16-14-50(15-17-51)21-24-10-12-52(22-24)31-8-4-25(20-42-31)36(57)44-29-6-9-32(55)45-37(29)58/h4-5,7-8,19-20,24,27,29H,2-3,6,9-18,21-23H2,1H3,(H2,41,56)(H,44,57)(H,43,46,48)(H,45,55,58). The molecule has 59 heavy (non-hydrogen) atoms. The van der Waals surface area contributed by atoms with E-state index in [1.807, 2.05) is 20.8 Å². The van der Waals surface area contributed by atoms with Gasteiger partial charge in [0.1, 0.15) is 17.7 Å². The highest BCUT2D eigenvalue weighted by molar-refractivity contribution is 6.03. The minimum atomic E-state index is -0.817. The van der Waals surface area contributed by atoms with E-state index in [2.05, 4.69) is 45.9 Å². The smallest absolute Gasteiger partial charge is 0.320 e. The number of carbonyl (C=O) groups is 5. The number of piperazine rings is 1. The van der Waals surface area contributed by atoms with E-state index in [-0.39, 0.29) is 42.3 Å². The van der Waals surface area contributed by atoms with Gasteiger partial charge in [0.25, 0.3) is 11.8 Å². The van der Waals surface area contributed by atoms with Crippen molar-refractivity contribution in [3.63, 3.8) is 0 Å². The van der Waals surface area contributed by atoms with E-state index in [9.17, 15) is 24.0 Å². The van der Waals surface area contributed by atoms with Gasteiger partial charge in [-0.25, -0.2) is 14.2 Å². The number of piperidine rings is 2. The number of likely N-dealkylation sites (N-methyl/N-ethyl adjacent to an activating group) is 1. The maximum atomic E-state index is 15.7. The first-order chi connectivity index (χ1) is 28.5. The third-order valence-corrected chi connectivity index (χ3v) is 11.9. The number of amides is 6. The number of carbonyl (C=O) groups excluding carboxylic acids is 5. The Labute approximate surface area is 340 Å². The second-order valence-corrected chi connectivity index (χ2v) is 15.9. The molecule has 0 spiro atoms. The van der Waals surface area contributed by atoms with Crippen LogP contribution in [0, 0.1) is 11.7 Å². The monoisotopic (exact) mass is 812 g/mol. The molecule has 0 aliphatic carbocycles. The maximum Gasteiger partial charge on any atom is 0.320 e. The summed E-state index contributed by atoms with van der Waals surface area (Å²) in [7, 11) is 1.79. The van der Waals surface area contributed by atoms with Crippen molar-refractivity contribution < 1.29 is 28.4 Å². The molecule has 312 valence electrons. The van der Waals surface area contributed by atoms with Crippen molar-refractivity contribution in [1.29, 1.82) is 0 Å². The summed E-state index contributed by atoms with van der Waals surface area (Å²) in [6.07, 6.45) is 4.66. The van der Waals surface area contributed by atoms with Crippen LogP contribution in [0.2, 0.25) is 0 Å². The van der Waals surface area contributed by atoms with Gasteiger partial charge in [0, 0.05) is 97.3 Å². The first kappa shape index (κ1) is 39.6. The van der Waals surface area contributed by atoms with Gasteiger partial charge in [-0.2, -0.15) is 4.98 Å². The Hall–Kier alpha value is -6.18. The molecule has 0 bridgehead atoms. The van der Waals surface area contributed by atoms with Crippen molar-refractivity contribution in [3.05, 3.63) is 53.6 Å². The molecule has 0 saturated carbocycles. The lowest BCUT2D eigenvalue weighted by Crippen LogP contribution is -2.52. The van der Waals surface area contributed by atoms with E-state index in [1.165, 1.54) is 12.3 Å². The lowest BCUT2D eigenvalue weighted by atomic mass is 10.0. The highest BCUT2D eigenvalue weighted by Crippen LogP contribution is 2.29. The zero-order valence-electron chi connectivity index (χ0n) is 33.0. The second-order valence-electron chi connectivity index (χ2n) is 15.9. The summed E-state index contributed by atoms with van der Waals surface area (Å²) in [6, 6.07) is 7.61. The number of anilines is 5. The highest BCUT2D eigenvalue weighted by atomic mass is 19.1. The van der Waals surface area contributed by atoms with Gasteiger partial charge in [-0.15, -0.1) is 10.2 Å². The zero-order valence-corrected chi connectivity index (χ0v) is 33.0. The fourth-order valence-electron chi connectivity index (χ4n) is 8.59. The summed E-state index contributed by atoms with van der Waals surface area (Å²) in [4.78, 5) is 82.4. The van der Waals surface area contributed by atoms with Crippen LogP contribution in [0.25, 0.3) is 0 Å². The van der Waals surface area contributed by atoms with Crippen LogP contribution >= 0.6 is 0 Å². The molecule has 5 N–H and O–H groups in total. The normalized spacial score (nSPS) is 22.8. The van der Waals surface area contributed by atoms with Crippen LogP contribution in [0.5, 0.6) is 0 Å². The van der Waals surface area contributed by atoms with E-state index >= 15 is 4.39 Å². The van der Waals surface area contributed by atoms with Gasteiger partial charge >= 0.3 is 6.03 Å². The summed E-state index contributed by atoms with van der Waals surface area (Å²) in [6.45, 7) is 7.99. The number of halogens is 1.